The minimum absolute atomic E-state index is 0.0532. The molecule has 0 bridgehead atoms. The lowest BCUT2D eigenvalue weighted by atomic mass is 9.43. The first kappa shape index (κ1) is 43.7. The van der Waals surface area contributed by atoms with Crippen molar-refractivity contribution in [2.45, 2.75) is 161 Å². The summed E-state index contributed by atoms with van der Waals surface area (Å²) in [5.41, 5.74) is 23.0. The topological polar surface area (TPSA) is 6.48 Å². The molecule has 0 saturated heterocycles. The van der Waals surface area contributed by atoms with Gasteiger partial charge in [0.15, 0.2) is 0 Å². The second-order valence-electron chi connectivity index (χ2n) is 26.2. The molecular weight excluding hydrogens is 852 g/mol. The second-order valence-corrected chi connectivity index (χ2v) is 27.2. The van der Waals surface area contributed by atoms with E-state index in [1.54, 1.807) is 0 Å². The van der Waals surface area contributed by atoms with Gasteiger partial charge < -0.3 is 9.71 Å². The largest absolute Gasteiger partial charge is 0.376 e. The third kappa shape index (κ3) is 6.09. The smallest absolute Gasteiger partial charge is 0.333 e. The van der Waals surface area contributed by atoms with Crippen molar-refractivity contribution in [1.82, 2.24) is 0 Å². The highest BCUT2D eigenvalue weighted by atomic mass is 32.1. The maximum Gasteiger partial charge on any atom is 0.333 e. The highest BCUT2D eigenvalue weighted by molar-refractivity contribution is 7.26. The van der Waals surface area contributed by atoms with Crippen LogP contribution in [-0.2, 0) is 32.5 Å². The molecule has 0 amide bonds. The minimum atomic E-state index is -0.0785. The summed E-state index contributed by atoms with van der Waals surface area (Å²) in [6, 6.07) is 44.5. The SMILES string of the molecule is Cc1cc2c(cc1N1c3cc4sc5ccccc5c4cc3B3c4c(cc5ccccc5c41)-c1cc4c(cc1N3c1ccc3c(c1)C(C)(C)CCC3(C)C)C(C)(C)CCC4(C)C)C(C)(C)CCC2(C)C. The molecule has 2 nitrogen and oxygen atoms in total. The number of hydrogen-bond acceptors (Lipinski definition) is 3. The van der Waals surface area contributed by atoms with Gasteiger partial charge in [-0.15, -0.1) is 11.3 Å². The van der Waals surface area contributed by atoms with E-state index in [0.717, 1.165) is 0 Å². The molecule has 0 atom stereocenters. The maximum absolute atomic E-state index is 2.84. The Morgan fingerprint density at radius 3 is 1.62 bits per heavy atom. The molecule has 0 N–H and O–H groups in total. The maximum atomic E-state index is 2.84. The van der Waals surface area contributed by atoms with Gasteiger partial charge in [-0.2, -0.15) is 0 Å². The van der Waals surface area contributed by atoms with Crippen molar-refractivity contribution >= 4 is 88.5 Å². The van der Waals surface area contributed by atoms with Gasteiger partial charge in [0, 0.05) is 53.9 Å². The van der Waals surface area contributed by atoms with Crippen molar-refractivity contribution in [3.8, 4) is 11.1 Å². The van der Waals surface area contributed by atoms with Gasteiger partial charge in [-0.3, -0.25) is 0 Å². The van der Waals surface area contributed by atoms with E-state index in [0.29, 0.717) is 0 Å². The lowest BCUT2D eigenvalue weighted by Gasteiger charge is -2.49. The van der Waals surface area contributed by atoms with E-state index < -0.39 is 0 Å². The second kappa shape index (κ2) is 14.0. The Bertz CT molecular complexity index is 3560. The Labute approximate surface area is 416 Å². The van der Waals surface area contributed by atoms with Gasteiger partial charge in [-0.05, 0) is 187 Å². The summed E-state index contributed by atoms with van der Waals surface area (Å²) in [5.74, 6) is 0. The molecule has 0 fully saturated rings. The average molecular weight is 921 g/mol. The number of fused-ring (bicyclic) bond motifs is 12. The van der Waals surface area contributed by atoms with Gasteiger partial charge in [0.05, 0.1) is 5.69 Å². The minimum Gasteiger partial charge on any atom is -0.376 e. The monoisotopic (exact) mass is 921 g/mol. The predicted molar refractivity (Wildman–Crippen MR) is 301 cm³/mol. The Morgan fingerprint density at radius 1 is 0.435 bits per heavy atom. The molecule has 348 valence electrons. The molecule has 4 heteroatoms. The van der Waals surface area contributed by atoms with Crippen LogP contribution in [0.5, 0.6) is 0 Å². The van der Waals surface area contributed by atoms with Crippen LogP contribution in [0, 0.1) is 6.92 Å². The third-order valence-corrected chi connectivity index (χ3v) is 20.1. The van der Waals surface area contributed by atoms with Gasteiger partial charge in [0.1, 0.15) is 0 Å². The van der Waals surface area contributed by atoms with Gasteiger partial charge in [-0.25, -0.2) is 0 Å². The lowest BCUT2D eigenvalue weighted by Crippen LogP contribution is -2.61. The standard InChI is InChI=1S/C65H69BN2S/c1-38-30-47-50(64(10,11)28-26-61(47,4)5)35-53(38)67-55-37-57-44(42-20-16-17-21-56(42)69-57)34-52(55)66-58-45(31-39-18-14-15-19-41(39)59(58)67)43-33-49-51(65(12,13)29-27-63(49,8)9)36-54(43)68(66)40-22-23-46-48(32-40)62(6,7)25-24-60(46,2)3/h14-23,30-37H,24-29H2,1-13H3. The number of aryl methyl sites for hydroxylation is 1. The van der Waals surface area contributed by atoms with Crippen LogP contribution in [0.25, 0.3) is 42.1 Å². The summed E-state index contributed by atoms with van der Waals surface area (Å²) in [4.78, 5) is 5.60. The molecule has 13 rings (SSSR count). The summed E-state index contributed by atoms with van der Waals surface area (Å²) in [6.07, 6.45) is 7.12. The van der Waals surface area contributed by atoms with Gasteiger partial charge in [-0.1, -0.05) is 144 Å². The number of anilines is 5. The fourth-order valence-electron chi connectivity index (χ4n) is 14.2. The Balaban J connectivity index is 1.21. The summed E-state index contributed by atoms with van der Waals surface area (Å²) in [7, 11) is 0. The van der Waals surface area contributed by atoms with E-state index in [-0.39, 0.29) is 39.3 Å². The third-order valence-electron chi connectivity index (χ3n) is 18.9. The van der Waals surface area contributed by atoms with Crippen LogP contribution < -0.4 is 20.6 Å². The molecule has 0 unspecified atom stereocenters. The number of thiophene rings is 1. The van der Waals surface area contributed by atoms with E-state index in [1.807, 2.05) is 11.3 Å². The Hall–Kier alpha value is -5.32. The molecule has 5 aliphatic rings. The van der Waals surface area contributed by atoms with Gasteiger partial charge in [0.25, 0.3) is 0 Å². The van der Waals surface area contributed by atoms with Crippen molar-refractivity contribution in [3.63, 3.8) is 0 Å². The molecule has 3 aliphatic carbocycles. The predicted octanol–water partition coefficient (Wildman–Crippen LogP) is 17.3. The first-order chi connectivity index (χ1) is 32.6. The molecule has 69 heavy (non-hydrogen) atoms. The van der Waals surface area contributed by atoms with Crippen LogP contribution >= 0.6 is 11.3 Å². The van der Waals surface area contributed by atoms with Crippen LogP contribution in [-0.4, -0.2) is 6.85 Å². The van der Waals surface area contributed by atoms with E-state index in [2.05, 4.69) is 209 Å². The van der Waals surface area contributed by atoms with Crippen molar-refractivity contribution in [2.24, 2.45) is 0 Å². The van der Waals surface area contributed by atoms with Crippen molar-refractivity contribution in [3.05, 3.63) is 148 Å². The molecule has 0 spiro atoms. The number of nitrogens with zero attached hydrogens (tertiary/aromatic N) is 2. The normalized spacial score (nSPS) is 20.5. The number of hydrogen-bond donors (Lipinski definition) is 0. The van der Waals surface area contributed by atoms with Crippen molar-refractivity contribution < 1.29 is 0 Å². The van der Waals surface area contributed by atoms with E-state index >= 15 is 0 Å². The van der Waals surface area contributed by atoms with Crippen LogP contribution in [0.3, 0.4) is 0 Å². The lowest BCUT2D eigenvalue weighted by molar-refractivity contribution is 0.332. The highest BCUT2D eigenvalue weighted by Crippen LogP contribution is 2.57. The summed E-state index contributed by atoms with van der Waals surface area (Å²) in [5, 5.41) is 5.32. The summed E-state index contributed by atoms with van der Waals surface area (Å²) < 4.78 is 2.69. The molecule has 8 aromatic rings. The summed E-state index contributed by atoms with van der Waals surface area (Å²) in [6.45, 7) is 32.1. The van der Waals surface area contributed by atoms with Crippen LogP contribution in [0.2, 0.25) is 0 Å². The zero-order chi connectivity index (χ0) is 48.1. The first-order valence-corrected chi connectivity index (χ1v) is 27.0. The van der Waals surface area contributed by atoms with Crippen molar-refractivity contribution in [1.29, 1.82) is 0 Å². The molecule has 2 aliphatic heterocycles. The van der Waals surface area contributed by atoms with Gasteiger partial charge in [0.2, 0.25) is 0 Å². The number of benzene rings is 7. The number of rotatable bonds is 2. The molecule has 0 radical (unpaired) electrons. The quantitative estimate of drug-likeness (QED) is 0.159. The van der Waals surface area contributed by atoms with E-state index in [4.69, 9.17) is 0 Å². The molecule has 7 aromatic carbocycles. The molecule has 3 heterocycles. The fourth-order valence-corrected chi connectivity index (χ4v) is 15.3. The van der Waals surface area contributed by atoms with Crippen molar-refractivity contribution in [2.75, 3.05) is 9.71 Å². The van der Waals surface area contributed by atoms with Crippen LogP contribution in [0.15, 0.2) is 109 Å². The Kier molecular flexibility index (Phi) is 8.84. The molecule has 1 aromatic heterocycles. The summed E-state index contributed by atoms with van der Waals surface area (Å²) >= 11 is 1.94. The van der Waals surface area contributed by atoms with Gasteiger partial charge >= 0.3 is 6.85 Å². The van der Waals surface area contributed by atoms with Crippen LogP contribution in [0.4, 0.5) is 28.4 Å². The zero-order valence-corrected chi connectivity index (χ0v) is 44.3. The zero-order valence-electron chi connectivity index (χ0n) is 43.5. The highest BCUT2D eigenvalue weighted by Gasteiger charge is 2.49. The first-order valence-electron chi connectivity index (χ1n) is 26.2. The van der Waals surface area contributed by atoms with E-state index in [1.165, 1.54) is 159 Å². The average Bonchev–Trinajstić information content (AvgIpc) is 3.67. The molecular formula is C65H69BN2S. The Morgan fingerprint density at radius 2 is 0.971 bits per heavy atom. The molecule has 0 saturated carbocycles. The van der Waals surface area contributed by atoms with Crippen LogP contribution in [0.1, 0.15) is 161 Å². The fraction of sp³-hybridized carbons (Fsp3) is 0.385. The van der Waals surface area contributed by atoms with E-state index in [9.17, 15) is 0 Å².